The predicted octanol–water partition coefficient (Wildman–Crippen LogP) is 15.6. The molecule has 9 aromatic rings. The van der Waals surface area contributed by atoms with Gasteiger partial charge in [0.2, 0.25) is 0 Å². The van der Waals surface area contributed by atoms with Crippen molar-refractivity contribution < 1.29 is 13.2 Å². The molecular weight excluding hydrogens is 834 g/mol. The van der Waals surface area contributed by atoms with E-state index in [0.29, 0.717) is 16.5 Å². The van der Waals surface area contributed by atoms with E-state index in [1.165, 1.54) is 6.07 Å². The van der Waals surface area contributed by atoms with Crippen LogP contribution in [0, 0.1) is 21.0 Å². The standard InChI is InChI=1S/C53H35F3IN/c54-36-30-46-39(48(56)31-36)22-13-25-50(46)58(38-18-8-3-9-19-38)53-44-21-11-10-20-41(44)52(43-27-26-35(28-47(43)53)33-14-4-1-5-15-33)51(34-16-6-2-7-17-34)42-24-12-23-40-45(42)29-37(55)32-49(40)57/h1-23,25-32,42,51H,24H2. The number of allylic oxidation sites excluding steroid dienone is 1. The van der Waals surface area contributed by atoms with Gasteiger partial charge in [-0.3, -0.25) is 0 Å². The molecule has 0 amide bonds. The summed E-state index contributed by atoms with van der Waals surface area (Å²) in [5, 5.41) is 4.86. The van der Waals surface area contributed by atoms with E-state index in [2.05, 4.69) is 119 Å². The van der Waals surface area contributed by atoms with Gasteiger partial charge >= 0.3 is 0 Å². The van der Waals surface area contributed by atoms with Crippen molar-refractivity contribution >= 4 is 78.0 Å². The van der Waals surface area contributed by atoms with Crippen LogP contribution in [-0.2, 0) is 0 Å². The Morgan fingerprint density at radius 1 is 0.534 bits per heavy atom. The lowest BCUT2D eigenvalue weighted by Crippen LogP contribution is -2.18. The van der Waals surface area contributed by atoms with E-state index in [1.54, 1.807) is 18.2 Å². The number of rotatable bonds is 7. The first-order chi connectivity index (χ1) is 28.4. The SMILES string of the molecule is Fc1cc(I)c2c(c1)C(C(c1ccccc1)c1c3ccccc3c(N(c3ccccc3)c3cccc4c(F)cc(F)cc34)c3cc(-c4ccccc4)ccc13)CC=C2. The zero-order valence-electron chi connectivity index (χ0n) is 31.2. The molecule has 5 heteroatoms. The summed E-state index contributed by atoms with van der Waals surface area (Å²) >= 11 is 2.26. The molecule has 1 aliphatic rings. The number of hydrogen-bond acceptors (Lipinski definition) is 1. The van der Waals surface area contributed by atoms with Crippen LogP contribution in [0.5, 0.6) is 0 Å². The van der Waals surface area contributed by atoms with Crippen LogP contribution in [0.3, 0.4) is 0 Å². The molecule has 58 heavy (non-hydrogen) atoms. The summed E-state index contributed by atoms with van der Waals surface area (Å²) < 4.78 is 47.2. The van der Waals surface area contributed by atoms with E-state index >= 15 is 13.2 Å². The number of para-hydroxylation sites is 1. The van der Waals surface area contributed by atoms with Crippen molar-refractivity contribution in [2.75, 3.05) is 4.90 Å². The molecule has 0 aliphatic heterocycles. The van der Waals surface area contributed by atoms with Gasteiger partial charge in [0.1, 0.15) is 17.5 Å². The summed E-state index contributed by atoms with van der Waals surface area (Å²) in [6.45, 7) is 0. The van der Waals surface area contributed by atoms with Crippen LogP contribution in [0.25, 0.3) is 49.5 Å². The lowest BCUT2D eigenvalue weighted by atomic mass is 9.70. The first-order valence-electron chi connectivity index (χ1n) is 19.4. The Hall–Kier alpha value is -6.18. The van der Waals surface area contributed by atoms with E-state index < -0.39 is 11.6 Å². The van der Waals surface area contributed by atoms with Gasteiger partial charge in [-0.2, -0.15) is 0 Å². The lowest BCUT2D eigenvalue weighted by Gasteiger charge is -2.35. The van der Waals surface area contributed by atoms with Crippen LogP contribution >= 0.6 is 22.6 Å². The predicted molar refractivity (Wildman–Crippen MR) is 243 cm³/mol. The molecule has 1 nitrogen and oxygen atoms in total. The second-order valence-electron chi connectivity index (χ2n) is 14.9. The van der Waals surface area contributed by atoms with E-state index in [-0.39, 0.29) is 17.7 Å². The fourth-order valence-electron chi connectivity index (χ4n) is 9.15. The lowest BCUT2D eigenvalue weighted by molar-refractivity contribution is 0.589. The van der Waals surface area contributed by atoms with Gasteiger partial charge in [0.25, 0.3) is 0 Å². The van der Waals surface area contributed by atoms with E-state index in [9.17, 15) is 0 Å². The molecule has 0 radical (unpaired) electrons. The molecule has 0 fully saturated rings. The molecule has 0 N–H and O–H groups in total. The number of hydrogen-bond donors (Lipinski definition) is 0. The second kappa shape index (κ2) is 15.0. The third-order valence-electron chi connectivity index (χ3n) is 11.6. The molecule has 0 bridgehead atoms. The smallest absolute Gasteiger partial charge is 0.134 e. The van der Waals surface area contributed by atoms with Crippen molar-refractivity contribution in [2.24, 2.45) is 0 Å². The molecule has 2 atom stereocenters. The van der Waals surface area contributed by atoms with Crippen LogP contribution < -0.4 is 4.90 Å². The molecule has 280 valence electrons. The molecule has 10 rings (SSSR count). The van der Waals surface area contributed by atoms with Crippen molar-refractivity contribution in [3.8, 4) is 11.1 Å². The van der Waals surface area contributed by atoms with Crippen LogP contribution in [0.15, 0.2) is 182 Å². The Bertz CT molecular complexity index is 3040. The van der Waals surface area contributed by atoms with Crippen LogP contribution in [0.4, 0.5) is 30.2 Å². The van der Waals surface area contributed by atoms with Crippen molar-refractivity contribution in [1.82, 2.24) is 0 Å². The van der Waals surface area contributed by atoms with E-state index in [1.807, 2.05) is 66.7 Å². The summed E-state index contributed by atoms with van der Waals surface area (Å²) in [5.41, 5.74) is 8.84. The molecule has 0 saturated carbocycles. The first kappa shape index (κ1) is 36.2. The Kier molecular flexibility index (Phi) is 9.33. The first-order valence-corrected chi connectivity index (χ1v) is 20.5. The maximum atomic E-state index is 15.6. The molecular formula is C53H35F3IN. The van der Waals surface area contributed by atoms with Gasteiger partial charge in [-0.25, -0.2) is 13.2 Å². The number of anilines is 3. The minimum Gasteiger partial charge on any atom is -0.309 e. The fourth-order valence-corrected chi connectivity index (χ4v) is 9.94. The Morgan fingerprint density at radius 3 is 1.97 bits per heavy atom. The van der Waals surface area contributed by atoms with Crippen molar-refractivity contribution in [1.29, 1.82) is 0 Å². The molecule has 0 spiro atoms. The monoisotopic (exact) mass is 869 g/mol. The minimum absolute atomic E-state index is 0.0767. The molecule has 0 heterocycles. The highest BCUT2D eigenvalue weighted by atomic mass is 127. The van der Waals surface area contributed by atoms with Crippen LogP contribution in [-0.4, -0.2) is 0 Å². The summed E-state index contributed by atoms with van der Waals surface area (Å²) in [6, 6.07) is 57.3. The number of halogens is 4. The zero-order valence-corrected chi connectivity index (χ0v) is 33.4. The summed E-state index contributed by atoms with van der Waals surface area (Å²) in [4.78, 5) is 2.17. The van der Waals surface area contributed by atoms with Crippen molar-refractivity contribution in [2.45, 2.75) is 18.3 Å². The summed E-state index contributed by atoms with van der Waals surface area (Å²) in [6.07, 6.45) is 5.09. The number of fused-ring (bicyclic) bond motifs is 4. The number of nitrogens with zero attached hydrogens (tertiary/aromatic N) is 1. The van der Waals surface area contributed by atoms with Gasteiger partial charge in [-0.05, 0) is 122 Å². The minimum atomic E-state index is -0.638. The van der Waals surface area contributed by atoms with Crippen LogP contribution in [0.1, 0.15) is 40.5 Å². The summed E-state index contributed by atoms with van der Waals surface area (Å²) in [5.74, 6) is -1.74. The Morgan fingerprint density at radius 2 is 1.19 bits per heavy atom. The quantitative estimate of drug-likeness (QED) is 0.114. The third kappa shape index (κ3) is 6.25. The third-order valence-corrected chi connectivity index (χ3v) is 12.5. The van der Waals surface area contributed by atoms with Gasteiger partial charge in [0.05, 0.1) is 11.4 Å². The normalized spacial score (nSPS) is 14.2. The van der Waals surface area contributed by atoms with Crippen molar-refractivity contribution in [3.05, 3.63) is 225 Å². The largest absolute Gasteiger partial charge is 0.309 e. The van der Waals surface area contributed by atoms with Crippen molar-refractivity contribution in [3.63, 3.8) is 0 Å². The maximum absolute atomic E-state index is 15.6. The van der Waals surface area contributed by atoms with Gasteiger partial charge in [0.15, 0.2) is 0 Å². The number of benzene rings is 9. The Balaban J connectivity index is 1.37. The highest BCUT2D eigenvalue weighted by Gasteiger charge is 2.34. The van der Waals surface area contributed by atoms with Gasteiger partial charge < -0.3 is 4.90 Å². The topological polar surface area (TPSA) is 3.24 Å². The Labute approximate surface area is 348 Å². The zero-order chi connectivity index (χ0) is 39.3. The van der Waals surface area contributed by atoms with Gasteiger partial charge in [-0.1, -0.05) is 140 Å². The highest BCUT2D eigenvalue weighted by molar-refractivity contribution is 14.1. The van der Waals surface area contributed by atoms with E-state index in [0.717, 1.165) is 82.4 Å². The molecule has 9 aromatic carbocycles. The average molecular weight is 870 g/mol. The second-order valence-corrected chi connectivity index (χ2v) is 16.1. The highest BCUT2D eigenvalue weighted by Crippen LogP contribution is 2.54. The molecule has 1 aliphatic carbocycles. The average Bonchev–Trinajstić information content (AvgIpc) is 3.25. The van der Waals surface area contributed by atoms with Crippen LogP contribution in [0.2, 0.25) is 0 Å². The summed E-state index contributed by atoms with van der Waals surface area (Å²) in [7, 11) is 0. The molecule has 2 unspecified atom stereocenters. The molecule has 0 aromatic heterocycles. The molecule has 0 saturated heterocycles. The van der Waals surface area contributed by atoms with Gasteiger partial charge in [0, 0.05) is 42.8 Å². The van der Waals surface area contributed by atoms with Gasteiger partial charge in [-0.15, -0.1) is 0 Å². The van der Waals surface area contributed by atoms with E-state index in [4.69, 9.17) is 0 Å². The maximum Gasteiger partial charge on any atom is 0.134 e. The fraction of sp³-hybridized carbons (Fsp3) is 0.0566.